The first kappa shape index (κ1) is 17.9. The van der Waals surface area contributed by atoms with Gasteiger partial charge in [0.2, 0.25) is 0 Å². The van der Waals surface area contributed by atoms with Crippen LogP contribution in [0.15, 0.2) is 0 Å². The van der Waals surface area contributed by atoms with Crippen molar-refractivity contribution in [2.45, 2.75) is 57.5 Å². The molecule has 1 aliphatic heterocycles. The topological polar surface area (TPSA) is 38.8 Å². The highest BCUT2D eigenvalue weighted by molar-refractivity contribution is 5.68. The molecule has 1 saturated heterocycles. The van der Waals surface area contributed by atoms with Crippen molar-refractivity contribution >= 4 is 6.09 Å². The van der Waals surface area contributed by atoms with Crippen molar-refractivity contribution in [3.63, 3.8) is 0 Å². The Bertz CT molecular complexity index is 378. The molecule has 1 atom stereocenters. The summed E-state index contributed by atoms with van der Waals surface area (Å²) >= 11 is 0. The van der Waals surface area contributed by atoms with Crippen molar-refractivity contribution in [3.05, 3.63) is 0 Å². The van der Waals surface area contributed by atoms with E-state index < -0.39 is 36.6 Å². The first-order valence-electron chi connectivity index (χ1n) is 6.41. The summed E-state index contributed by atoms with van der Waals surface area (Å²) in [6, 6.07) is -0.854. The minimum absolute atomic E-state index is 0.237. The van der Waals surface area contributed by atoms with Crippen LogP contribution in [0.25, 0.3) is 0 Å². The molecule has 0 aromatic heterocycles. The van der Waals surface area contributed by atoms with Crippen molar-refractivity contribution in [1.82, 2.24) is 4.90 Å². The lowest BCUT2D eigenvalue weighted by Gasteiger charge is -2.29. The number of ether oxygens (including phenoxy) is 2. The van der Waals surface area contributed by atoms with Gasteiger partial charge < -0.3 is 14.4 Å². The standard InChI is InChI=1S/C12H18F5NO3/c1-10(2,3)21-9(19)18-6-4-5-8(18)7-20-12(16,17)11(13,14)15/h8H,4-7H2,1-3H3. The van der Waals surface area contributed by atoms with E-state index in [1.165, 1.54) is 0 Å². The summed E-state index contributed by atoms with van der Waals surface area (Å²) in [6.07, 6.45) is -11.0. The van der Waals surface area contributed by atoms with Gasteiger partial charge in [-0.1, -0.05) is 0 Å². The van der Waals surface area contributed by atoms with Gasteiger partial charge in [-0.3, -0.25) is 0 Å². The minimum Gasteiger partial charge on any atom is -0.444 e. The molecule has 0 radical (unpaired) electrons. The van der Waals surface area contributed by atoms with E-state index in [1.807, 2.05) is 0 Å². The van der Waals surface area contributed by atoms with Gasteiger partial charge in [0.25, 0.3) is 0 Å². The monoisotopic (exact) mass is 319 g/mol. The Morgan fingerprint density at radius 3 is 2.24 bits per heavy atom. The zero-order valence-electron chi connectivity index (χ0n) is 12.0. The second-order valence-electron chi connectivity index (χ2n) is 5.80. The van der Waals surface area contributed by atoms with Crippen LogP contribution in [0.1, 0.15) is 33.6 Å². The fourth-order valence-electron chi connectivity index (χ4n) is 1.85. The number of nitrogens with zero attached hydrogens (tertiary/aromatic N) is 1. The highest BCUT2D eigenvalue weighted by Gasteiger charge is 2.59. The van der Waals surface area contributed by atoms with Crippen LogP contribution < -0.4 is 0 Å². The molecule has 1 unspecified atom stereocenters. The fraction of sp³-hybridized carbons (Fsp3) is 0.917. The number of carbonyl (C=O) groups is 1. The Hall–Kier alpha value is -1.12. The van der Waals surface area contributed by atoms with Crippen molar-refractivity contribution in [2.24, 2.45) is 0 Å². The molecule has 1 heterocycles. The Kier molecular flexibility index (Phi) is 5.07. The van der Waals surface area contributed by atoms with Crippen molar-refractivity contribution < 1.29 is 36.2 Å². The van der Waals surface area contributed by atoms with Crippen LogP contribution in [0.4, 0.5) is 26.7 Å². The predicted octanol–water partition coefficient (Wildman–Crippen LogP) is 3.56. The maximum absolute atomic E-state index is 12.7. The second-order valence-corrected chi connectivity index (χ2v) is 5.80. The number of likely N-dealkylation sites (tertiary alicyclic amines) is 1. The molecule has 0 spiro atoms. The van der Waals surface area contributed by atoms with Crippen LogP contribution >= 0.6 is 0 Å². The number of amides is 1. The number of halogens is 5. The van der Waals surface area contributed by atoms with E-state index in [1.54, 1.807) is 20.8 Å². The third-order valence-electron chi connectivity index (χ3n) is 2.79. The molecule has 9 heteroatoms. The Balaban J connectivity index is 2.61. The SMILES string of the molecule is CC(C)(C)OC(=O)N1CCCC1COC(F)(F)C(F)(F)F. The Labute approximate surface area is 119 Å². The number of alkyl halides is 5. The van der Waals surface area contributed by atoms with Gasteiger partial charge in [0.1, 0.15) is 5.60 Å². The van der Waals surface area contributed by atoms with Gasteiger partial charge >= 0.3 is 18.4 Å². The molecule has 0 aromatic rings. The maximum atomic E-state index is 12.7. The molecule has 1 amide bonds. The highest BCUT2D eigenvalue weighted by atomic mass is 19.4. The number of rotatable bonds is 3. The van der Waals surface area contributed by atoms with Gasteiger partial charge in [-0.15, -0.1) is 0 Å². The van der Waals surface area contributed by atoms with Crippen LogP contribution in [-0.4, -0.2) is 48.1 Å². The van der Waals surface area contributed by atoms with E-state index in [-0.39, 0.29) is 13.0 Å². The molecular weight excluding hydrogens is 301 g/mol. The van der Waals surface area contributed by atoms with E-state index in [0.717, 1.165) is 4.90 Å². The lowest BCUT2D eigenvalue weighted by molar-refractivity contribution is -0.392. The summed E-state index contributed by atoms with van der Waals surface area (Å²) in [5.41, 5.74) is -0.777. The zero-order valence-corrected chi connectivity index (χ0v) is 12.0. The van der Waals surface area contributed by atoms with Gasteiger partial charge in [0.15, 0.2) is 0 Å². The quantitative estimate of drug-likeness (QED) is 0.747. The summed E-state index contributed by atoms with van der Waals surface area (Å²) in [4.78, 5) is 13.0. The zero-order chi connectivity index (χ0) is 16.5. The van der Waals surface area contributed by atoms with Gasteiger partial charge in [0, 0.05) is 6.54 Å². The fourth-order valence-corrected chi connectivity index (χ4v) is 1.85. The van der Waals surface area contributed by atoms with Crippen LogP contribution in [0.5, 0.6) is 0 Å². The van der Waals surface area contributed by atoms with Gasteiger partial charge in [-0.25, -0.2) is 4.79 Å². The summed E-state index contributed by atoms with van der Waals surface area (Å²) < 4.78 is 70.2. The van der Waals surface area contributed by atoms with Gasteiger partial charge in [-0.05, 0) is 33.6 Å². The molecule has 0 aliphatic carbocycles. The molecule has 21 heavy (non-hydrogen) atoms. The second kappa shape index (κ2) is 5.94. The van der Waals surface area contributed by atoms with E-state index in [9.17, 15) is 26.7 Å². The lowest BCUT2D eigenvalue weighted by Crippen LogP contribution is -2.45. The summed E-state index contributed by atoms with van der Waals surface area (Å²) in [7, 11) is 0. The molecule has 0 aromatic carbocycles. The molecule has 1 fully saturated rings. The molecule has 4 nitrogen and oxygen atoms in total. The van der Waals surface area contributed by atoms with Crippen molar-refractivity contribution in [1.29, 1.82) is 0 Å². The third kappa shape index (κ3) is 4.98. The third-order valence-corrected chi connectivity index (χ3v) is 2.79. The van der Waals surface area contributed by atoms with Gasteiger partial charge in [-0.2, -0.15) is 22.0 Å². The molecule has 0 bridgehead atoms. The highest BCUT2D eigenvalue weighted by Crippen LogP contribution is 2.37. The number of carbonyl (C=O) groups excluding carboxylic acids is 1. The summed E-state index contributed by atoms with van der Waals surface area (Å²) in [5, 5.41) is 0. The average Bonchev–Trinajstić information content (AvgIpc) is 2.70. The molecule has 1 aliphatic rings. The molecule has 124 valence electrons. The molecule has 0 N–H and O–H groups in total. The molecule has 1 rings (SSSR count). The van der Waals surface area contributed by atoms with Gasteiger partial charge in [0.05, 0.1) is 12.6 Å². The lowest BCUT2D eigenvalue weighted by atomic mass is 10.2. The van der Waals surface area contributed by atoms with Crippen molar-refractivity contribution in [2.75, 3.05) is 13.2 Å². The minimum atomic E-state index is -5.78. The first-order chi connectivity index (χ1) is 9.33. The van der Waals surface area contributed by atoms with E-state index in [4.69, 9.17) is 4.74 Å². The largest absolute Gasteiger partial charge is 0.482 e. The van der Waals surface area contributed by atoms with Crippen LogP contribution in [0.3, 0.4) is 0 Å². The Morgan fingerprint density at radius 2 is 1.76 bits per heavy atom. The van der Waals surface area contributed by atoms with E-state index in [0.29, 0.717) is 6.42 Å². The summed E-state index contributed by atoms with van der Waals surface area (Å²) in [5.74, 6) is 0. The van der Waals surface area contributed by atoms with Crippen molar-refractivity contribution in [3.8, 4) is 0 Å². The Morgan fingerprint density at radius 1 is 1.19 bits per heavy atom. The predicted molar refractivity (Wildman–Crippen MR) is 62.9 cm³/mol. The smallest absolute Gasteiger partial charge is 0.444 e. The number of hydrogen-bond donors (Lipinski definition) is 0. The van der Waals surface area contributed by atoms with Crippen LogP contribution in [0, 0.1) is 0 Å². The maximum Gasteiger partial charge on any atom is 0.482 e. The normalized spacial score (nSPS) is 20.8. The van der Waals surface area contributed by atoms with Crippen LogP contribution in [-0.2, 0) is 9.47 Å². The first-order valence-corrected chi connectivity index (χ1v) is 6.41. The summed E-state index contributed by atoms with van der Waals surface area (Å²) in [6.45, 7) is 4.23. The van der Waals surface area contributed by atoms with E-state index in [2.05, 4.69) is 4.74 Å². The number of hydrogen-bond acceptors (Lipinski definition) is 3. The average molecular weight is 319 g/mol. The molecular formula is C12H18F5NO3. The van der Waals surface area contributed by atoms with E-state index >= 15 is 0 Å². The molecule has 0 saturated carbocycles. The van der Waals surface area contributed by atoms with Crippen LogP contribution in [0.2, 0.25) is 0 Å².